The Morgan fingerprint density at radius 1 is 1.35 bits per heavy atom. The normalized spacial score (nSPS) is 10.9. The summed E-state index contributed by atoms with van der Waals surface area (Å²) in [4.78, 5) is 2.24. The minimum atomic E-state index is 0.485. The lowest BCUT2D eigenvalue weighted by Crippen LogP contribution is -2.25. The maximum absolute atomic E-state index is 6.31. The van der Waals surface area contributed by atoms with Crippen molar-refractivity contribution in [3.63, 3.8) is 0 Å². The molecule has 3 heteroatoms. The van der Waals surface area contributed by atoms with Gasteiger partial charge in [-0.25, -0.2) is 0 Å². The van der Waals surface area contributed by atoms with Crippen LogP contribution in [0.25, 0.3) is 0 Å². The molecule has 0 aromatic heterocycles. The zero-order valence-corrected chi connectivity index (χ0v) is 12.0. The molecule has 0 atom stereocenters. The first-order chi connectivity index (χ1) is 8.06. The smallest absolute Gasteiger partial charge is 0.0642 e. The molecule has 0 aliphatic rings. The average Bonchev–Trinajstić information content (AvgIpc) is 2.26. The van der Waals surface area contributed by atoms with Gasteiger partial charge in [-0.15, -0.1) is 0 Å². The molecule has 0 heterocycles. The van der Waals surface area contributed by atoms with Crippen LogP contribution >= 0.6 is 11.6 Å². The lowest BCUT2D eigenvalue weighted by molar-refractivity contribution is 0.588. The van der Waals surface area contributed by atoms with Crippen LogP contribution in [0.5, 0.6) is 0 Å². The predicted molar refractivity (Wildman–Crippen MR) is 77.0 cm³/mol. The number of halogens is 1. The van der Waals surface area contributed by atoms with Crippen molar-refractivity contribution in [3.8, 4) is 0 Å². The number of para-hydroxylation sites is 1. The number of benzene rings is 1. The number of hydrogen-bond acceptors (Lipinski definition) is 2. The van der Waals surface area contributed by atoms with Crippen molar-refractivity contribution in [3.05, 3.63) is 28.8 Å². The number of hydrogen-bond donors (Lipinski definition) is 1. The van der Waals surface area contributed by atoms with Crippen LogP contribution in [-0.2, 0) is 6.54 Å². The fraction of sp³-hybridized carbons (Fsp3) is 0.571. The van der Waals surface area contributed by atoms with E-state index in [1.165, 1.54) is 5.56 Å². The third kappa shape index (κ3) is 4.21. The molecule has 0 saturated carbocycles. The molecule has 1 N–H and O–H groups in total. The largest absolute Gasteiger partial charge is 0.373 e. The molecule has 0 fully saturated rings. The van der Waals surface area contributed by atoms with Crippen LogP contribution in [0.1, 0.15) is 32.8 Å². The number of nitrogens with one attached hydrogen (secondary N) is 1. The standard InChI is InChI=1S/C14H23ClN2/c1-5-9-17(4)14-12(10-16-11(2)3)7-6-8-13(14)15/h6-8,11,16H,5,9-10H2,1-4H3. The lowest BCUT2D eigenvalue weighted by atomic mass is 10.1. The second-order valence-electron chi connectivity index (χ2n) is 4.70. The Morgan fingerprint density at radius 3 is 2.65 bits per heavy atom. The molecule has 1 aromatic carbocycles. The lowest BCUT2D eigenvalue weighted by Gasteiger charge is -2.24. The van der Waals surface area contributed by atoms with Gasteiger partial charge in [-0.2, -0.15) is 0 Å². The molecule has 0 bridgehead atoms. The number of rotatable bonds is 6. The molecule has 0 unspecified atom stereocenters. The van der Waals surface area contributed by atoms with Gasteiger partial charge < -0.3 is 10.2 Å². The van der Waals surface area contributed by atoms with Gasteiger partial charge in [0.25, 0.3) is 0 Å². The summed E-state index contributed by atoms with van der Waals surface area (Å²) in [6.07, 6.45) is 1.12. The van der Waals surface area contributed by atoms with Crippen molar-refractivity contribution in [2.75, 3.05) is 18.5 Å². The van der Waals surface area contributed by atoms with Crippen LogP contribution in [-0.4, -0.2) is 19.6 Å². The molecular formula is C14H23ClN2. The van der Waals surface area contributed by atoms with Crippen molar-refractivity contribution >= 4 is 17.3 Å². The van der Waals surface area contributed by atoms with E-state index in [0.717, 1.165) is 30.2 Å². The molecule has 0 amide bonds. The van der Waals surface area contributed by atoms with E-state index in [9.17, 15) is 0 Å². The molecule has 17 heavy (non-hydrogen) atoms. The highest BCUT2D eigenvalue weighted by Crippen LogP contribution is 2.29. The van der Waals surface area contributed by atoms with Crippen LogP contribution in [0.3, 0.4) is 0 Å². The van der Waals surface area contributed by atoms with Gasteiger partial charge in [-0.3, -0.25) is 0 Å². The van der Waals surface area contributed by atoms with Crippen LogP contribution in [0, 0.1) is 0 Å². The Kier molecular flexibility index (Phi) is 5.79. The number of anilines is 1. The fourth-order valence-corrected chi connectivity index (χ4v) is 2.23. The molecule has 0 aliphatic carbocycles. The molecule has 96 valence electrons. The fourth-order valence-electron chi connectivity index (χ4n) is 1.89. The van der Waals surface area contributed by atoms with E-state index >= 15 is 0 Å². The van der Waals surface area contributed by atoms with Crippen LogP contribution in [0.2, 0.25) is 5.02 Å². The van der Waals surface area contributed by atoms with Crippen molar-refractivity contribution in [2.24, 2.45) is 0 Å². The monoisotopic (exact) mass is 254 g/mol. The van der Waals surface area contributed by atoms with E-state index in [1.807, 2.05) is 12.1 Å². The summed E-state index contributed by atoms with van der Waals surface area (Å²) in [7, 11) is 2.10. The quantitative estimate of drug-likeness (QED) is 0.833. The summed E-state index contributed by atoms with van der Waals surface area (Å²) in [5.74, 6) is 0. The van der Waals surface area contributed by atoms with E-state index < -0.39 is 0 Å². The summed E-state index contributed by atoms with van der Waals surface area (Å²) >= 11 is 6.31. The van der Waals surface area contributed by atoms with E-state index in [2.05, 4.69) is 44.1 Å². The third-order valence-electron chi connectivity index (χ3n) is 2.71. The van der Waals surface area contributed by atoms with E-state index in [0.29, 0.717) is 6.04 Å². The highest BCUT2D eigenvalue weighted by atomic mass is 35.5. The minimum Gasteiger partial charge on any atom is -0.373 e. The van der Waals surface area contributed by atoms with Gasteiger partial charge in [0.05, 0.1) is 10.7 Å². The Hall–Kier alpha value is -0.730. The maximum atomic E-state index is 6.31. The Balaban J connectivity index is 2.91. The molecule has 1 aromatic rings. The second kappa shape index (κ2) is 6.87. The topological polar surface area (TPSA) is 15.3 Å². The average molecular weight is 255 g/mol. The van der Waals surface area contributed by atoms with Gasteiger partial charge in [-0.1, -0.05) is 44.5 Å². The molecule has 0 aliphatic heterocycles. The van der Waals surface area contributed by atoms with E-state index in [4.69, 9.17) is 11.6 Å². The van der Waals surface area contributed by atoms with Crippen molar-refractivity contribution in [1.29, 1.82) is 0 Å². The Bertz CT molecular complexity index is 350. The van der Waals surface area contributed by atoms with Gasteiger partial charge >= 0.3 is 0 Å². The SMILES string of the molecule is CCCN(C)c1c(Cl)cccc1CNC(C)C. The highest BCUT2D eigenvalue weighted by molar-refractivity contribution is 6.33. The van der Waals surface area contributed by atoms with Gasteiger partial charge in [-0.05, 0) is 18.1 Å². The van der Waals surface area contributed by atoms with Crippen LogP contribution < -0.4 is 10.2 Å². The zero-order valence-electron chi connectivity index (χ0n) is 11.3. The molecular weight excluding hydrogens is 232 g/mol. The molecule has 2 nitrogen and oxygen atoms in total. The first kappa shape index (κ1) is 14.3. The van der Waals surface area contributed by atoms with Crippen LogP contribution in [0.4, 0.5) is 5.69 Å². The number of nitrogens with zero attached hydrogens (tertiary/aromatic N) is 1. The van der Waals surface area contributed by atoms with Crippen molar-refractivity contribution in [1.82, 2.24) is 5.32 Å². The van der Waals surface area contributed by atoms with Crippen molar-refractivity contribution in [2.45, 2.75) is 39.8 Å². The first-order valence-corrected chi connectivity index (χ1v) is 6.66. The first-order valence-electron chi connectivity index (χ1n) is 6.28. The van der Waals surface area contributed by atoms with Gasteiger partial charge in [0.15, 0.2) is 0 Å². The summed E-state index contributed by atoms with van der Waals surface area (Å²) in [5, 5.41) is 4.28. The predicted octanol–water partition coefficient (Wildman–Crippen LogP) is 3.68. The summed E-state index contributed by atoms with van der Waals surface area (Å²) < 4.78 is 0. The molecule has 1 rings (SSSR count). The van der Waals surface area contributed by atoms with E-state index in [-0.39, 0.29) is 0 Å². The van der Waals surface area contributed by atoms with Crippen molar-refractivity contribution < 1.29 is 0 Å². The third-order valence-corrected chi connectivity index (χ3v) is 3.02. The van der Waals surface area contributed by atoms with E-state index in [1.54, 1.807) is 0 Å². The minimum absolute atomic E-state index is 0.485. The maximum Gasteiger partial charge on any atom is 0.0642 e. The zero-order chi connectivity index (χ0) is 12.8. The highest BCUT2D eigenvalue weighted by Gasteiger charge is 2.11. The van der Waals surface area contributed by atoms with Gasteiger partial charge in [0, 0.05) is 26.2 Å². The molecule has 0 radical (unpaired) electrons. The van der Waals surface area contributed by atoms with Crippen LogP contribution in [0.15, 0.2) is 18.2 Å². The summed E-state index contributed by atoms with van der Waals surface area (Å²) in [5.41, 5.74) is 2.42. The second-order valence-corrected chi connectivity index (χ2v) is 5.11. The van der Waals surface area contributed by atoms with Gasteiger partial charge in [0.2, 0.25) is 0 Å². The molecule has 0 spiro atoms. The molecule has 0 saturated heterocycles. The van der Waals surface area contributed by atoms with Gasteiger partial charge in [0.1, 0.15) is 0 Å². The summed E-state index contributed by atoms with van der Waals surface area (Å²) in [6.45, 7) is 8.37. The Labute approximate surface area is 110 Å². The summed E-state index contributed by atoms with van der Waals surface area (Å²) in [6, 6.07) is 6.60. The Morgan fingerprint density at radius 2 is 2.06 bits per heavy atom.